The number of methoxy groups -OCH3 is 1. The van der Waals surface area contributed by atoms with Crippen LogP contribution in [0.3, 0.4) is 0 Å². The molecule has 132 valence electrons. The van der Waals surface area contributed by atoms with E-state index in [2.05, 4.69) is 20.7 Å². The van der Waals surface area contributed by atoms with Gasteiger partial charge in [-0.05, 0) is 55.8 Å². The van der Waals surface area contributed by atoms with Crippen molar-refractivity contribution in [3.05, 3.63) is 33.8 Å². The zero-order valence-electron chi connectivity index (χ0n) is 14.3. The summed E-state index contributed by atoms with van der Waals surface area (Å²) in [5, 5.41) is 0. The van der Waals surface area contributed by atoms with Crippen molar-refractivity contribution in [2.24, 2.45) is 0 Å². The molecule has 4 nitrogen and oxygen atoms in total. The van der Waals surface area contributed by atoms with Crippen molar-refractivity contribution in [1.82, 2.24) is 0 Å². The van der Waals surface area contributed by atoms with Crippen molar-refractivity contribution in [2.45, 2.75) is 51.1 Å². The van der Waals surface area contributed by atoms with Gasteiger partial charge in [-0.15, -0.1) is 0 Å². The van der Waals surface area contributed by atoms with E-state index in [0.29, 0.717) is 0 Å². The summed E-state index contributed by atoms with van der Waals surface area (Å²) in [7, 11) is 0.240. The quantitative estimate of drug-likeness (QED) is 0.432. The molecule has 1 aliphatic heterocycles. The minimum absolute atomic E-state index is 0.102. The van der Waals surface area contributed by atoms with E-state index < -0.39 is 41.7 Å². The van der Waals surface area contributed by atoms with Gasteiger partial charge in [0.25, 0.3) is 0 Å². The largest absolute Gasteiger partial charge is 0.469 e. The van der Waals surface area contributed by atoms with Crippen LogP contribution in [0.15, 0.2) is 16.6 Å². The van der Waals surface area contributed by atoms with E-state index in [9.17, 15) is 13.6 Å². The fourth-order valence-electron chi connectivity index (χ4n) is 2.53. The first-order valence-electron chi connectivity index (χ1n) is 7.56. The lowest BCUT2D eigenvalue weighted by molar-refractivity contribution is -0.140. The molecule has 1 aromatic rings. The van der Waals surface area contributed by atoms with Crippen LogP contribution in [0.5, 0.6) is 0 Å². The van der Waals surface area contributed by atoms with E-state index in [4.69, 9.17) is 9.31 Å². The molecule has 8 heteroatoms. The average molecular weight is 405 g/mol. The molecule has 0 spiro atoms. The third-order valence-electron chi connectivity index (χ3n) is 4.66. The Bertz CT molecular complexity index is 635. The van der Waals surface area contributed by atoms with E-state index in [1.807, 2.05) is 27.7 Å². The lowest BCUT2D eigenvalue weighted by Crippen LogP contribution is -2.41. The normalized spacial score (nSPS) is 20.1. The number of halogens is 3. The van der Waals surface area contributed by atoms with Gasteiger partial charge in [-0.3, -0.25) is 4.79 Å². The predicted octanol–water partition coefficient (Wildman–Crippen LogP) is 4.01. The Morgan fingerprint density at radius 3 is 2.29 bits per heavy atom. The molecule has 0 amide bonds. The standard InChI is InChI=1S/C16H20BBrF2O4/c1-15(2)16(3,4)24-17(23-15)9(8-12(21)22-5)13-11(19)7-6-10(18)14(13)20/h6-7,9H,8H2,1-5H3. The molecule has 0 aromatic heterocycles. The van der Waals surface area contributed by atoms with Crippen LogP contribution < -0.4 is 0 Å². The molecule has 1 unspecified atom stereocenters. The van der Waals surface area contributed by atoms with Gasteiger partial charge in [0.05, 0.1) is 29.2 Å². The van der Waals surface area contributed by atoms with Crippen molar-refractivity contribution in [3.8, 4) is 0 Å². The molecular weight excluding hydrogens is 385 g/mol. The summed E-state index contributed by atoms with van der Waals surface area (Å²) in [6.07, 6.45) is -0.266. The van der Waals surface area contributed by atoms with Gasteiger partial charge >= 0.3 is 13.1 Å². The second-order valence-corrected chi connectivity index (χ2v) is 7.62. The molecule has 0 aliphatic carbocycles. The molecule has 0 radical (unpaired) electrons. The molecule has 0 bridgehead atoms. The molecule has 0 N–H and O–H groups in total. The van der Waals surface area contributed by atoms with Crippen LogP contribution in [0, 0.1) is 11.6 Å². The number of ether oxygens (including phenoxy) is 1. The lowest BCUT2D eigenvalue weighted by atomic mass is 9.66. The highest BCUT2D eigenvalue weighted by atomic mass is 79.9. The van der Waals surface area contributed by atoms with Crippen LogP contribution in [0.25, 0.3) is 0 Å². The zero-order valence-corrected chi connectivity index (χ0v) is 15.9. The van der Waals surface area contributed by atoms with Crippen LogP contribution >= 0.6 is 15.9 Å². The topological polar surface area (TPSA) is 44.8 Å². The fourth-order valence-corrected chi connectivity index (χ4v) is 2.88. The lowest BCUT2D eigenvalue weighted by Gasteiger charge is -2.32. The van der Waals surface area contributed by atoms with E-state index in [1.165, 1.54) is 13.2 Å². The van der Waals surface area contributed by atoms with Crippen molar-refractivity contribution >= 4 is 29.0 Å². The van der Waals surface area contributed by atoms with Crippen molar-refractivity contribution in [3.63, 3.8) is 0 Å². The van der Waals surface area contributed by atoms with Crippen LogP contribution in [0.1, 0.15) is 45.5 Å². The monoisotopic (exact) mass is 404 g/mol. The third-order valence-corrected chi connectivity index (χ3v) is 5.28. The summed E-state index contributed by atoms with van der Waals surface area (Å²) in [4.78, 5) is 11.8. The Morgan fingerprint density at radius 1 is 1.25 bits per heavy atom. The van der Waals surface area contributed by atoms with Gasteiger partial charge in [-0.1, -0.05) is 0 Å². The first-order valence-corrected chi connectivity index (χ1v) is 8.35. The van der Waals surface area contributed by atoms with Gasteiger partial charge in [0.1, 0.15) is 11.6 Å². The van der Waals surface area contributed by atoms with Crippen LogP contribution in [0.2, 0.25) is 0 Å². The minimum atomic E-state index is -0.979. The number of hydrogen-bond donors (Lipinski definition) is 0. The molecular formula is C16H20BBrF2O4. The van der Waals surface area contributed by atoms with Crippen LogP contribution in [0.4, 0.5) is 8.78 Å². The van der Waals surface area contributed by atoms with Gasteiger partial charge in [0.2, 0.25) is 0 Å². The van der Waals surface area contributed by atoms with Crippen LogP contribution in [-0.4, -0.2) is 31.4 Å². The summed E-state index contributed by atoms with van der Waals surface area (Å²) >= 11 is 3.05. The Labute approximate surface area is 149 Å². The van der Waals surface area contributed by atoms with Crippen molar-refractivity contribution in [1.29, 1.82) is 0 Å². The molecule has 1 aliphatic rings. The van der Waals surface area contributed by atoms with Gasteiger partial charge in [-0.25, -0.2) is 8.78 Å². The molecule has 1 aromatic carbocycles. The summed E-state index contributed by atoms with van der Waals surface area (Å²) in [5.41, 5.74) is -1.64. The van der Waals surface area contributed by atoms with E-state index in [0.717, 1.165) is 6.07 Å². The number of benzene rings is 1. The molecule has 24 heavy (non-hydrogen) atoms. The maximum atomic E-state index is 14.6. The molecule has 1 atom stereocenters. The molecule has 1 saturated heterocycles. The summed E-state index contributed by atoms with van der Waals surface area (Å²) < 4.78 is 45.5. The Hall–Kier alpha value is -0.985. The molecule has 1 fully saturated rings. The van der Waals surface area contributed by atoms with Crippen LogP contribution in [-0.2, 0) is 18.8 Å². The highest BCUT2D eigenvalue weighted by molar-refractivity contribution is 9.10. The first kappa shape index (κ1) is 19.3. The highest BCUT2D eigenvalue weighted by Crippen LogP contribution is 2.43. The second kappa shape index (κ2) is 6.73. The SMILES string of the molecule is COC(=O)CC(B1OC(C)(C)C(C)(C)O1)c1c(F)ccc(Br)c1F. The fraction of sp³-hybridized carbons (Fsp3) is 0.562. The predicted molar refractivity (Wildman–Crippen MR) is 89.5 cm³/mol. The Morgan fingerprint density at radius 2 is 1.79 bits per heavy atom. The summed E-state index contributed by atoms with van der Waals surface area (Å²) in [6, 6.07) is 2.41. The number of hydrogen-bond acceptors (Lipinski definition) is 4. The summed E-state index contributed by atoms with van der Waals surface area (Å²) in [6.45, 7) is 7.32. The number of rotatable bonds is 4. The maximum Gasteiger partial charge on any atom is 0.466 e. The van der Waals surface area contributed by atoms with Gasteiger partial charge in [0, 0.05) is 11.4 Å². The van der Waals surface area contributed by atoms with E-state index in [-0.39, 0.29) is 16.5 Å². The molecule has 0 saturated carbocycles. The maximum absolute atomic E-state index is 14.6. The van der Waals surface area contributed by atoms with Crippen molar-refractivity contribution < 1.29 is 27.6 Å². The average Bonchev–Trinajstić information content (AvgIpc) is 2.70. The second-order valence-electron chi connectivity index (χ2n) is 6.77. The van der Waals surface area contributed by atoms with Crippen molar-refractivity contribution in [2.75, 3.05) is 7.11 Å². The minimum Gasteiger partial charge on any atom is -0.469 e. The van der Waals surface area contributed by atoms with Gasteiger partial charge in [-0.2, -0.15) is 0 Å². The molecule has 1 heterocycles. The smallest absolute Gasteiger partial charge is 0.466 e. The molecule has 2 rings (SSSR count). The van der Waals surface area contributed by atoms with Gasteiger partial charge < -0.3 is 14.0 Å². The van der Waals surface area contributed by atoms with E-state index >= 15 is 0 Å². The number of carbonyl (C=O) groups excluding carboxylic acids is 1. The third kappa shape index (κ3) is 3.50. The Balaban J connectivity index is 2.48. The first-order chi connectivity index (χ1) is 11.0. The number of carbonyl (C=O) groups is 1. The highest BCUT2D eigenvalue weighted by Gasteiger charge is 2.55. The number of esters is 1. The van der Waals surface area contributed by atoms with E-state index in [1.54, 1.807) is 0 Å². The van der Waals surface area contributed by atoms with Gasteiger partial charge in [0.15, 0.2) is 0 Å². The Kier molecular flexibility index (Phi) is 5.42. The summed E-state index contributed by atoms with van der Waals surface area (Å²) in [5.74, 6) is -3.12. The zero-order chi connectivity index (χ0) is 18.3.